The minimum atomic E-state index is -0.112. The second kappa shape index (κ2) is 28.1. The van der Waals surface area contributed by atoms with Crippen LogP contribution in [0.5, 0.6) is 5.75 Å². The van der Waals surface area contributed by atoms with E-state index < -0.39 is 0 Å². The Bertz CT molecular complexity index is 1690. The monoisotopic (exact) mass is 829 g/mol. The van der Waals surface area contributed by atoms with Gasteiger partial charge in [-0.1, -0.05) is 12.1 Å². The Morgan fingerprint density at radius 2 is 1.39 bits per heavy atom. The molecule has 2 heterocycles. The second-order valence-corrected chi connectivity index (χ2v) is 13.6. The van der Waals surface area contributed by atoms with Gasteiger partial charge in [-0.2, -0.15) is 0 Å². The molecule has 0 atom stereocenters. The number of carbonyl (C=O) groups is 2. The molecule has 1 saturated carbocycles. The largest absolute Gasteiger partial charge is 0.495 e. The highest BCUT2D eigenvalue weighted by atomic mass is 16.6. The molecule has 2 aromatic heterocycles. The van der Waals surface area contributed by atoms with E-state index in [9.17, 15) is 9.59 Å². The number of carbonyl (C=O) groups excluding carboxylic acids is 2. The summed E-state index contributed by atoms with van der Waals surface area (Å²) in [6.45, 7) is 7.42. The summed E-state index contributed by atoms with van der Waals surface area (Å²) >= 11 is 0. The summed E-state index contributed by atoms with van der Waals surface area (Å²) in [4.78, 5) is 40.6. The molecule has 0 unspecified atom stereocenters. The number of benzene rings is 1. The van der Waals surface area contributed by atoms with Crippen LogP contribution in [0.1, 0.15) is 49.5 Å². The van der Waals surface area contributed by atoms with Crippen molar-refractivity contribution in [3.8, 4) is 17.1 Å². The summed E-state index contributed by atoms with van der Waals surface area (Å²) in [5.41, 5.74) is 14.4. The molecule has 0 saturated heterocycles. The van der Waals surface area contributed by atoms with Gasteiger partial charge in [0.1, 0.15) is 29.3 Å². The summed E-state index contributed by atoms with van der Waals surface area (Å²) < 4.78 is 43.6. The molecule has 59 heavy (non-hydrogen) atoms. The third-order valence-electron chi connectivity index (χ3n) is 9.47. The number of methoxy groups -OCH3 is 1. The summed E-state index contributed by atoms with van der Waals surface area (Å²) in [6, 6.07) is 7.79. The van der Waals surface area contributed by atoms with E-state index in [1.807, 2.05) is 24.3 Å². The number of imidazole rings is 1. The lowest BCUT2D eigenvalue weighted by Gasteiger charge is -2.26. The number of nitrogens with zero attached hydrogens (tertiary/aromatic N) is 2. The van der Waals surface area contributed by atoms with E-state index >= 15 is 0 Å². The van der Waals surface area contributed by atoms with Gasteiger partial charge in [-0.05, 0) is 37.8 Å². The molecule has 1 aliphatic rings. The molecule has 9 N–H and O–H groups in total. The molecule has 4 rings (SSSR count). The van der Waals surface area contributed by atoms with Crippen molar-refractivity contribution in [3.63, 3.8) is 0 Å². The molecule has 328 valence electrons. The van der Waals surface area contributed by atoms with Crippen LogP contribution in [0.4, 0.5) is 0 Å². The standard InChI is InChI=1S/C40H63N9O10/c1-52-33-4-2-3-31-27-32(47-35(31)33)36-37(38(43)46-28-42)49-39(48-36)29-5-7-30(8-6-29)40(51)45-12-16-56-20-19-55-15-11-44-34(50)9-13-53-17-21-57-23-25-59-26-24-58-22-18-54-14-10-41/h2-4,27-30,47H,5-26,41H2,1H3,(H,44,50)(H,45,51)(H,48,49)(H3,42,43,46). The van der Waals surface area contributed by atoms with Crippen LogP contribution in [-0.4, -0.2) is 158 Å². The molecule has 1 fully saturated rings. The van der Waals surface area contributed by atoms with Gasteiger partial charge in [0.2, 0.25) is 11.8 Å². The van der Waals surface area contributed by atoms with Crippen molar-refractivity contribution in [2.45, 2.75) is 38.0 Å². The maximum absolute atomic E-state index is 12.9. The lowest BCUT2D eigenvalue weighted by Crippen LogP contribution is -2.35. The predicted octanol–water partition coefficient (Wildman–Crippen LogP) is 1.85. The molecule has 19 heteroatoms. The molecule has 19 nitrogen and oxygen atoms in total. The Morgan fingerprint density at radius 1 is 0.814 bits per heavy atom. The van der Waals surface area contributed by atoms with Gasteiger partial charge in [-0.3, -0.25) is 15.0 Å². The Labute approximate surface area is 345 Å². The van der Waals surface area contributed by atoms with Crippen molar-refractivity contribution in [1.82, 2.24) is 25.6 Å². The first-order chi connectivity index (χ1) is 28.9. The number of aliphatic imine (C=N–C) groups is 1. The third-order valence-corrected chi connectivity index (χ3v) is 9.47. The topological polar surface area (TPSA) is 265 Å². The van der Waals surface area contributed by atoms with Crippen molar-refractivity contribution >= 4 is 34.9 Å². The first-order valence-electron chi connectivity index (χ1n) is 20.3. The summed E-state index contributed by atoms with van der Waals surface area (Å²) in [5.74, 6) is 1.61. The van der Waals surface area contributed by atoms with Crippen molar-refractivity contribution < 1.29 is 47.5 Å². The molecule has 3 aromatic rings. The number of amides is 2. The van der Waals surface area contributed by atoms with E-state index in [1.54, 1.807) is 7.11 Å². The molecule has 0 spiro atoms. The molecule has 0 radical (unpaired) electrons. The lowest BCUT2D eigenvalue weighted by molar-refractivity contribution is -0.126. The molecule has 0 aliphatic heterocycles. The van der Waals surface area contributed by atoms with Crippen LogP contribution in [-0.2, 0) is 42.7 Å². The van der Waals surface area contributed by atoms with Gasteiger partial charge in [0.15, 0.2) is 5.84 Å². The fourth-order valence-electron chi connectivity index (χ4n) is 6.45. The van der Waals surface area contributed by atoms with Crippen LogP contribution in [0.15, 0.2) is 29.3 Å². The smallest absolute Gasteiger partial charge is 0.223 e. The summed E-state index contributed by atoms with van der Waals surface area (Å²) in [7, 11) is 1.63. The fourth-order valence-corrected chi connectivity index (χ4v) is 6.45. The Morgan fingerprint density at radius 3 is 1.98 bits per heavy atom. The normalized spacial score (nSPS) is 15.7. The number of hydrogen-bond acceptors (Lipinski definition) is 13. The highest BCUT2D eigenvalue weighted by Crippen LogP contribution is 2.37. The van der Waals surface area contributed by atoms with E-state index in [0.717, 1.165) is 60.2 Å². The van der Waals surface area contributed by atoms with E-state index in [-0.39, 0.29) is 35.9 Å². The highest BCUT2D eigenvalue weighted by molar-refractivity contribution is 6.04. The van der Waals surface area contributed by atoms with Crippen LogP contribution in [0.3, 0.4) is 0 Å². The van der Waals surface area contributed by atoms with Gasteiger partial charge >= 0.3 is 0 Å². The third kappa shape index (κ3) is 17.0. The first-order valence-corrected chi connectivity index (χ1v) is 20.3. The molecule has 1 aromatic carbocycles. The van der Waals surface area contributed by atoms with Crippen LogP contribution < -0.4 is 26.8 Å². The van der Waals surface area contributed by atoms with Gasteiger partial charge in [0, 0.05) is 43.3 Å². The maximum atomic E-state index is 12.9. The number of rotatable bonds is 32. The minimum absolute atomic E-state index is 0.0218. The van der Waals surface area contributed by atoms with E-state index in [0.29, 0.717) is 124 Å². The zero-order chi connectivity index (χ0) is 41.9. The Balaban J connectivity index is 0.976. The van der Waals surface area contributed by atoms with Crippen LogP contribution >= 0.6 is 0 Å². The fraction of sp³-hybridized carbons (Fsp3) is 0.625. The first kappa shape index (κ1) is 47.2. The van der Waals surface area contributed by atoms with Gasteiger partial charge in [-0.15, -0.1) is 0 Å². The maximum Gasteiger partial charge on any atom is 0.223 e. The number of aromatic amines is 2. The SMILES string of the molecule is COc1cccc2cc(-c3nc(C4CCC(C(=O)NCCOCCOCCNC(=O)CCOCCOCCOCCOCCOCCN)CC4)[nH]c3C(N)=NC=N)[nH]c12. The number of H-pyrrole nitrogens is 2. The highest BCUT2D eigenvalue weighted by Gasteiger charge is 2.30. The van der Waals surface area contributed by atoms with Crippen LogP contribution in [0, 0.1) is 11.3 Å². The summed E-state index contributed by atoms with van der Waals surface area (Å²) in [6.07, 6.45) is 4.19. The second-order valence-electron chi connectivity index (χ2n) is 13.6. The number of fused-ring (bicyclic) bond motifs is 1. The van der Waals surface area contributed by atoms with Gasteiger partial charge < -0.3 is 70.0 Å². The van der Waals surface area contributed by atoms with Crippen molar-refractivity contribution in [1.29, 1.82) is 5.41 Å². The van der Waals surface area contributed by atoms with Crippen molar-refractivity contribution in [2.75, 3.05) is 119 Å². The van der Waals surface area contributed by atoms with E-state index in [4.69, 9.17) is 59.8 Å². The molecular formula is C40H63N9O10. The summed E-state index contributed by atoms with van der Waals surface area (Å²) in [5, 5.41) is 14.2. The minimum Gasteiger partial charge on any atom is -0.495 e. The molecule has 0 bridgehead atoms. The molecular weight excluding hydrogens is 766 g/mol. The number of nitrogens with two attached hydrogens (primary N) is 2. The van der Waals surface area contributed by atoms with Gasteiger partial charge in [0.25, 0.3) is 0 Å². The van der Waals surface area contributed by atoms with Crippen LogP contribution in [0.25, 0.3) is 22.3 Å². The number of amidine groups is 1. The molecule has 1 aliphatic carbocycles. The Kier molecular flexibility index (Phi) is 22.5. The number of aromatic nitrogens is 3. The average Bonchev–Trinajstić information content (AvgIpc) is 3.90. The van der Waals surface area contributed by atoms with E-state index in [1.165, 1.54) is 0 Å². The van der Waals surface area contributed by atoms with Gasteiger partial charge in [0.05, 0.1) is 111 Å². The quantitative estimate of drug-likeness (QED) is 0.0270. The van der Waals surface area contributed by atoms with Crippen molar-refractivity contribution in [2.24, 2.45) is 22.4 Å². The lowest BCUT2D eigenvalue weighted by atomic mass is 9.81. The average molecular weight is 830 g/mol. The van der Waals surface area contributed by atoms with E-state index in [2.05, 4.69) is 25.6 Å². The Hall–Kier alpha value is -4.47. The molecule has 2 amide bonds. The van der Waals surface area contributed by atoms with Gasteiger partial charge in [-0.25, -0.2) is 9.98 Å². The number of para-hydroxylation sites is 1. The predicted molar refractivity (Wildman–Crippen MR) is 222 cm³/mol. The number of nitrogens with one attached hydrogen (secondary N) is 5. The zero-order valence-corrected chi connectivity index (χ0v) is 34.2. The zero-order valence-electron chi connectivity index (χ0n) is 34.2. The van der Waals surface area contributed by atoms with Crippen molar-refractivity contribution in [3.05, 3.63) is 35.8 Å². The van der Waals surface area contributed by atoms with Crippen LogP contribution in [0.2, 0.25) is 0 Å². The number of ether oxygens (including phenoxy) is 8. The number of hydrogen-bond donors (Lipinski definition) is 7.